The Morgan fingerprint density at radius 3 is 2.61 bits per heavy atom. The third-order valence-corrected chi connectivity index (χ3v) is 5.67. The van der Waals surface area contributed by atoms with E-state index in [0.717, 1.165) is 48.4 Å². The molecule has 0 unspecified atom stereocenters. The van der Waals surface area contributed by atoms with Gasteiger partial charge in [0.2, 0.25) is 0 Å². The molecule has 3 N–H and O–H groups in total. The first-order valence-electron chi connectivity index (χ1n) is 10.8. The molecule has 1 saturated heterocycles. The number of hydrogen-bond acceptors (Lipinski definition) is 6. The molecule has 0 spiro atoms. The van der Waals surface area contributed by atoms with Gasteiger partial charge >= 0.3 is 0 Å². The topological polar surface area (TPSA) is 74.2 Å². The smallest absolute Gasteiger partial charge is 0.124 e. The lowest BCUT2D eigenvalue weighted by atomic mass is 10.1. The Bertz CT molecular complexity index is 840. The molecule has 1 aliphatic rings. The number of methoxy groups -OCH3 is 1. The second kappa shape index (κ2) is 11.4. The first kappa shape index (κ1) is 23.5. The molecule has 3 rings (SSSR count). The van der Waals surface area contributed by atoms with Crippen LogP contribution in [-0.2, 0) is 13.1 Å². The molecule has 2 aromatic carbocycles. The van der Waals surface area contributed by atoms with Crippen molar-refractivity contribution in [1.82, 2.24) is 10.2 Å². The summed E-state index contributed by atoms with van der Waals surface area (Å²) >= 11 is 0. The highest BCUT2D eigenvalue weighted by Crippen LogP contribution is 2.25. The number of likely N-dealkylation sites (tertiary alicyclic amines) is 1. The number of ether oxygens (including phenoxy) is 2. The van der Waals surface area contributed by atoms with E-state index in [-0.39, 0.29) is 18.5 Å². The van der Waals surface area contributed by atoms with Gasteiger partial charge in [-0.25, -0.2) is 4.39 Å². The lowest BCUT2D eigenvalue weighted by molar-refractivity contribution is 0.0336. The van der Waals surface area contributed by atoms with Crippen LogP contribution in [0.2, 0.25) is 0 Å². The summed E-state index contributed by atoms with van der Waals surface area (Å²) in [4.78, 5) is 2.15. The molecule has 1 fully saturated rings. The Morgan fingerprint density at radius 2 is 1.87 bits per heavy atom. The van der Waals surface area contributed by atoms with Crippen LogP contribution < -0.4 is 14.8 Å². The largest absolute Gasteiger partial charge is 0.497 e. The van der Waals surface area contributed by atoms with Crippen molar-refractivity contribution in [3.05, 3.63) is 58.9 Å². The Kier molecular flexibility index (Phi) is 8.66. The number of benzene rings is 2. The normalized spacial score (nSPS) is 16.3. The summed E-state index contributed by atoms with van der Waals surface area (Å²) in [5, 5.41) is 23.3. The Balaban J connectivity index is 1.55. The molecular weight excluding hydrogens is 399 g/mol. The molecule has 0 radical (unpaired) electrons. The minimum absolute atomic E-state index is 0.182. The summed E-state index contributed by atoms with van der Waals surface area (Å²) in [6, 6.07) is 10.3. The predicted molar refractivity (Wildman–Crippen MR) is 118 cm³/mol. The van der Waals surface area contributed by atoms with Crippen LogP contribution >= 0.6 is 0 Å². The van der Waals surface area contributed by atoms with Crippen LogP contribution in [0, 0.1) is 12.7 Å². The molecule has 0 aliphatic carbocycles. The third-order valence-electron chi connectivity index (χ3n) is 5.67. The first-order valence-corrected chi connectivity index (χ1v) is 10.8. The molecule has 2 aromatic rings. The van der Waals surface area contributed by atoms with Crippen molar-refractivity contribution in [3.8, 4) is 11.5 Å². The zero-order chi connectivity index (χ0) is 22.2. The van der Waals surface area contributed by atoms with E-state index in [9.17, 15) is 14.6 Å². The summed E-state index contributed by atoms with van der Waals surface area (Å²) in [5.74, 6) is 1.15. The van der Waals surface area contributed by atoms with Gasteiger partial charge in [0, 0.05) is 38.3 Å². The number of β-amino-alcohol motifs (C(OH)–C–C–N with tert-alkyl or cyclic N) is 1. The van der Waals surface area contributed by atoms with Crippen molar-refractivity contribution in [1.29, 1.82) is 0 Å². The second-order valence-corrected chi connectivity index (χ2v) is 8.14. The molecule has 0 saturated carbocycles. The molecule has 0 amide bonds. The number of piperidine rings is 1. The summed E-state index contributed by atoms with van der Waals surface area (Å²) < 4.78 is 24.8. The van der Waals surface area contributed by atoms with Crippen molar-refractivity contribution in [2.24, 2.45) is 0 Å². The summed E-state index contributed by atoms with van der Waals surface area (Å²) in [6.07, 6.45) is 0.641. The average molecular weight is 433 g/mol. The van der Waals surface area contributed by atoms with Gasteiger partial charge < -0.3 is 29.9 Å². The average Bonchev–Trinajstić information content (AvgIpc) is 2.76. The van der Waals surface area contributed by atoms with Crippen molar-refractivity contribution in [3.63, 3.8) is 0 Å². The molecular formula is C24H33FN2O4. The zero-order valence-electron chi connectivity index (χ0n) is 18.3. The molecule has 0 aromatic heterocycles. The van der Waals surface area contributed by atoms with Crippen LogP contribution in [0.1, 0.15) is 29.5 Å². The van der Waals surface area contributed by atoms with Crippen molar-refractivity contribution < 1.29 is 24.1 Å². The van der Waals surface area contributed by atoms with Gasteiger partial charge in [-0.1, -0.05) is 6.07 Å². The molecule has 1 heterocycles. The molecule has 31 heavy (non-hydrogen) atoms. The van der Waals surface area contributed by atoms with E-state index in [2.05, 4.69) is 10.2 Å². The monoisotopic (exact) mass is 432 g/mol. The van der Waals surface area contributed by atoms with Crippen molar-refractivity contribution in [2.75, 3.05) is 33.4 Å². The van der Waals surface area contributed by atoms with E-state index in [0.29, 0.717) is 25.4 Å². The van der Waals surface area contributed by atoms with Crippen LogP contribution in [0.15, 0.2) is 36.4 Å². The van der Waals surface area contributed by atoms with Crippen LogP contribution in [0.3, 0.4) is 0 Å². The highest BCUT2D eigenvalue weighted by atomic mass is 19.1. The second-order valence-electron chi connectivity index (χ2n) is 8.14. The minimum Gasteiger partial charge on any atom is -0.497 e. The number of rotatable bonds is 10. The fourth-order valence-electron chi connectivity index (χ4n) is 3.76. The summed E-state index contributed by atoms with van der Waals surface area (Å²) in [6.45, 7) is 5.29. The molecule has 1 atom stereocenters. The lowest BCUT2D eigenvalue weighted by Crippen LogP contribution is -2.41. The highest BCUT2D eigenvalue weighted by Gasteiger charge is 2.20. The maximum atomic E-state index is 13.5. The lowest BCUT2D eigenvalue weighted by Gasteiger charge is -2.31. The number of aryl methyl sites for hydroxylation is 1. The van der Waals surface area contributed by atoms with E-state index >= 15 is 0 Å². The zero-order valence-corrected chi connectivity index (χ0v) is 18.3. The van der Waals surface area contributed by atoms with E-state index < -0.39 is 6.10 Å². The molecule has 1 aliphatic heterocycles. The summed E-state index contributed by atoms with van der Waals surface area (Å²) in [5.41, 5.74) is 2.85. The van der Waals surface area contributed by atoms with Gasteiger partial charge in [-0.3, -0.25) is 0 Å². The van der Waals surface area contributed by atoms with Gasteiger partial charge in [-0.15, -0.1) is 0 Å². The number of aliphatic hydroxyl groups is 2. The van der Waals surface area contributed by atoms with Gasteiger partial charge in [-0.2, -0.15) is 0 Å². The molecule has 6 nitrogen and oxygen atoms in total. The highest BCUT2D eigenvalue weighted by molar-refractivity contribution is 5.40. The van der Waals surface area contributed by atoms with Crippen molar-refractivity contribution >= 4 is 0 Å². The summed E-state index contributed by atoms with van der Waals surface area (Å²) in [7, 11) is 1.61. The van der Waals surface area contributed by atoms with Gasteiger partial charge in [0.15, 0.2) is 0 Å². The standard InChI is InChI=1S/C24H33FN2O4/c1-17-3-4-20(25)11-18(17)13-26-14-19-12-23(30-2)5-6-24(19)31-16-22(29)15-27-9-7-21(28)8-10-27/h3-6,11-12,21-22,26,28-29H,7-10,13-16H2,1-2H3/t22-/m0/s1. The number of nitrogens with zero attached hydrogens (tertiary/aromatic N) is 1. The van der Waals surface area contributed by atoms with E-state index in [1.165, 1.54) is 6.07 Å². The minimum atomic E-state index is -0.618. The van der Waals surface area contributed by atoms with Gasteiger partial charge in [-0.05, 0) is 61.2 Å². The molecule has 170 valence electrons. The van der Waals surface area contributed by atoms with Crippen molar-refractivity contribution in [2.45, 2.75) is 45.1 Å². The quantitative estimate of drug-likeness (QED) is 0.536. The fraction of sp³-hybridized carbons (Fsp3) is 0.500. The van der Waals surface area contributed by atoms with Crippen LogP contribution in [0.5, 0.6) is 11.5 Å². The first-order chi connectivity index (χ1) is 14.9. The maximum Gasteiger partial charge on any atom is 0.124 e. The Morgan fingerprint density at radius 1 is 1.13 bits per heavy atom. The maximum absolute atomic E-state index is 13.5. The SMILES string of the molecule is COc1ccc(OC[C@@H](O)CN2CCC(O)CC2)c(CNCc2cc(F)ccc2C)c1. The van der Waals surface area contributed by atoms with Crippen LogP contribution in [-0.4, -0.2) is 60.7 Å². The predicted octanol–water partition coefficient (Wildman–Crippen LogP) is 2.63. The number of hydrogen-bond donors (Lipinski definition) is 3. The van der Waals surface area contributed by atoms with Gasteiger partial charge in [0.1, 0.15) is 30.0 Å². The van der Waals surface area contributed by atoms with Crippen LogP contribution in [0.25, 0.3) is 0 Å². The van der Waals surface area contributed by atoms with E-state index in [1.54, 1.807) is 19.2 Å². The van der Waals surface area contributed by atoms with Crippen LogP contribution in [0.4, 0.5) is 4.39 Å². The number of halogens is 1. The Hall–Kier alpha value is -2.19. The number of aliphatic hydroxyl groups excluding tert-OH is 2. The fourth-order valence-corrected chi connectivity index (χ4v) is 3.76. The molecule has 0 bridgehead atoms. The Labute approximate surface area is 183 Å². The van der Waals surface area contributed by atoms with E-state index in [4.69, 9.17) is 9.47 Å². The molecule has 7 heteroatoms. The van der Waals surface area contributed by atoms with Gasteiger partial charge in [0.25, 0.3) is 0 Å². The number of nitrogens with one attached hydrogen (secondary N) is 1. The van der Waals surface area contributed by atoms with Gasteiger partial charge in [0.05, 0.1) is 13.2 Å². The van der Waals surface area contributed by atoms with E-state index in [1.807, 2.05) is 25.1 Å². The third kappa shape index (κ3) is 7.18.